The number of hydrogen-bond donors (Lipinski definition) is 1. The van der Waals surface area contributed by atoms with E-state index in [1.54, 1.807) is 32.4 Å². The second-order valence-electron chi connectivity index (χ2n) is 5.42. The van der Waals surface area contributed by atoms with Gasteiger partial charge in [0.05, 0.1) is 20.4 Å². The van der Waals surface area contributed by atoms with Gasteiger partial charge in [-0.2, -0.15) is 5.10 Å². The number of methoxy groups -OCH3 is 2. The number of hydrogen-bond acceptors (Lipinski definition) is 4. The van der Waals surface area contributed by atoms with Gasteiger partial charge in [0.15, 0.2) is 11.5 Å². The maximum absolute atomic E-state index is 12.2. The van der Waals surface area contributed by atoms with Crippen LogP contribution in [-0.4, -0.2) is 30.9 Å². The summed E-state index contributed by atoms with van der Waals surface area (Å²) in [7, 11) is 3.12. The third kappa shape index (κ3) is 3.75. The normalized spacial score (nSPS) is 10.7. The van der Waals surface area contributed by atoms with Crippen LogP contribution in [0, 0.1) is 0 Å². The van der Waals surface area contributed by atoms with Crippen molar-refractivity contribution in [3.05, 3.63) is 78.1 Å². The van der Waals surface area contributed by atoms with E-state index in [1.807, 2.05) is 53.4 Å². The lowest BCUT2D eigenvalue weighted by molar-refractivity contribution is 0.0955. The topological polar surface area (TPSA) is 64.8 Å². The highest BCUT2D eigenvalue weighted by Gasteiger charge is 2.08. The fraction of sp³-hybridized carbons (Fsp3) is 0.100. The fourth-order valence-corrected chi connectivity index (χ4v) is 2.53. The van der Waals surface area contributed by atoms with Crippen LogP contribution in [0.3, 0.4) is 0 Å². The van der Waals surface area contributed by atoms with Crippen molar-refractivity contribution >= 4 is 12.1 Å². The van der Waals surface area contributed by atoms with Crippen LogP contribution in [0.1, 0.15) is 15.9 Å². The quantitative estimate of drug-likeness (QED) is 0.549. The lowest BCUT2D eigenvalue weighted by atomic mass is 10.2. The van der Waals surface area contributed by atoms with Crippen LogP contribution in [-0.2, 0) is 0 Å². The van der Waals surface area contributed by atoms with Crippen LogP contribution in [0.4, 0.5) is 0 Å². The average molecular weight is 349 g/mol. The highest BCUT2D eigenvalue weighted by Crippen LogP contribution is 2.29. The molecule has 0 aliphatic heterocycles. The molecule has 0 saturated carbocycles. The summed E-state index contributed by atoms with van der Waals surface area (Å²) in [5, 5.41) is 4.01. The monoisotopic (exact) mass is 349 g/mol. The third-order valence-corrected chi connectivity index (χ3v) is 3.84. The van der Waals surface area contributed by atoms with E-state index in [0.29, 0.717) is 22.6 Å². The molecule has 26 heavy (non-hydrogen) atoms. The van der Waals surface area contributed by atoms with Crippen LogP contribution in [0.15, 0.2) is 72.1 Å². The van der Waals surface area contributed by atoms with Crippen molar-refractivity contribution in [3.8, 4) is 17.2 Å². The van der Waals surface area contributed by atoms with E-state index >= 15 is 0 Å². The standard InChI is InChI=1S/C20H19N3O3/c1-25-18-7-5-6-16(19(18)26-2)14-21-22-20(24)15-8-10-17(11-9-15)23-12-3-4-13-23/h3-14H,1-2H3,(H,22,24)/b21-14+. The first-order valence-electron chi connectivity index (χ1n) is 8.00. The van der Waals surface area contributed by atoms with E-state index in [9.17, 15) is 4.79 Å². The highest BCUT2D eigenvalue weighted by atomic mass is 16.5. The molecule has 1 heterocycles. The molecule has 0 unspecified atom stereocenters. The summed E-state index contributed by atoms with van der Waals surface area (Å²) in [5.41, 5.74) is 4.73. The van der Waals surface area contributed by atoms with E-state index in [-0.39, 0.29) is 5.91 Å². The van der Waals surface area contributed by atoms with Crippen molar-refractivity contribution in [3.63, 3.8) is 0 Å². The fourth-order valence-electron chi connectivity index (χ4n) is 2.53. The smallest absolute Gasteiger partial charge is 0.271 e. The number of ether oxygens (including phenoxy) is 2. The maximum atomic E-state index is 12.2. The number of benzene rings is 2. The number of hydrazone groups is 1. The van der Waals surface area contributed by atoms with E-state index < -0.39 is 0 Å². The number of para-hydroxylation sites is 1. The molecule has 0 atom stereocenters. The largest absolute Gasteiger partial charge is 0.493 e. The lowest BCUT2D eigenvalue weighted by Crippen LogP contribution is -2.17. The van der Waals surface area contributed by atoms with Gasteiger partial charge in [0.1, 0.15) is 0 Å². The van der Waals surface area contributed by atoms with Gasteiger partial charge in [-0.25, -0.2) is 5.43 Å². The molecule has 0 saturated heterocycles. The minimum absolute atomic E-state index is 0.290. The molecule has 6 heteroatoms. The van der Waals surface area contributed by atoms with Gasteiger partial charge >= 0.3 is 0 Å². The van der Waals surface area contributed by atoms with Gasteiger partial charge in [0.25, 0.3) is 5.91 Å². The van der Waals surface area contributed by atoms with Crippen LogP contribution < -0.4 is 14.9 Å². The summed E-state index contributed by atoms with van der Waals surface area (Å²) in [4.78, 5) is 12.2. The molecule has 0 aliphatic rings. The minimum Gasteiger partial charge on any atom is -0.493 e. The molecule has 1 amide bonds. The Morgan fingerprint density at radius 1 is 1.00 bits per heavy atom. The summed E-state index contributed by atoms with van der Waals surface area (Å²) in [6.07, 6.45) is 5.41. The molecule has 0 bridgehead atoms. The molecular weight excluding hydrogens is 330 g/mol. The summed E-state index contributed by atoms with van der Waals surface area (Å²) in [6, 6.07) is 16.6. The Morgan fingerprint density at radius 3 is 2.38 bits per heavy atom. The molecule has 6 nitrogen and oxygen atoms in total. The molecule has 3 aromatic rings. The zero-order valence-electron chi connectivity index (χ0n) is 14.5. The number of nitrogens with one attached hydrogen (secondary N) is 1. The van der Waals surface area contributed by atoms with Gasteiger partial charge in [-0.3, -0.25) is 4.79 Å². The van der Waals surface area contributed by atoms with E-state index in [1.165, 1.54) is 6.21 Å². The summed E-state index contributed by atoms with van der Waals surface area (Å²) in [5.74, 6) is 0.870. The zero-order chi connectivity index (χ0) is 18.4. The van der Waals surface area contributed by atoms with Crippen LogP contribution >= 0.6 is 0 Å². The Kier molecular flexibility index (Phi) is 5.34. The van der Waals surface area contributed by atoms with Crippen molar-refractivity contribution in [1.29, 1.82) is 0 Å². The lowest BCUT2D eigenvalue weighted by Gasteiger charge is -2.09. The van der Waals surface area contributed by atoms with Gasteiger partial charge < -0.3 is 14.0 Å². The highest BCUT2D eigenvalue weighted by molar-refractivity contribution is 5.95. The number of rotatable bonds is 6. The molecule has 0 radical (unpaired) electrons. The zero-order valence-corrected chi connectivity index (χ0v) is 14.5. The number of aromatic nitrogens is 1. The van der Waals surface area contributed by atoms with Gasteiger partial charge in [-0.05, 0) is 48.5 Å². The van der Waals surface area contributed by atoms with Gasteiger partial charge in [-0.15, -0.1) is 0 Å². The molecule has 0 spiro atoms. The Balaban J connectivity index is 1.68. The summed E-state index contributed by atoms with van der Waals surface area (Å²) in [6.45, 7) is 0. The summed E-state index contributed by atoms with van der Waals surface area (Å²) >= 11 is 0. The van der Waals surface area contributed by atoms with Crippen LogP contribution in [0.25, 0.3) is 5.69 Å². The number of carbonyl (C=O) groups is 1. The molecule has 3 rings (SSSR count). The minimum atomic E-state index is -0.290. The van der Waals surface area contributed by atoms with Gasteiger partial charge in [-0.1, -0.05) is 6.07 Å². The predicted molar refractivity (Wildman–Crippen MR) is 100 cm³/mol. The first-order chi connectivity index (χ1) is 12.7. The van der Waals surface area contributed by atoms with Crippen molar-refractivity contribution in [1.82, 2.24) is 9.99 Å². The summed E-state index contributed by atoms with van der Waals surface area (Å²) < 4.78 is 12.5. The molecule has 132 valence electrons. The van der Waals surface area contributed by atoms with E-state index in [2.05, 4.69) is 10.5 Å². The molecule has 2 aromatic carbocycles. The first-order valence-corrected chi connectivity index (χ1v) is 8.00. The van der Waals surface area contributed by atoms with Crippen LogP contribution in [0.2, 0.25) is 0 Å². The number of carbonyl (C=O) groups excluding carboxylic acids is 1. The predicted octanol–water partition coefficient (Wildman–Crippen LogP) is 3.26. The van der Waals surface area contributed by atoms with Gasteiger partial charge in [0, 0.05) is 29.2 Å². The van der Waals surface area contributed by atoms with E-state index in [0.717, 1.165) is 5.69 Å². The SMILES string of the molecule is COc1cccc(/C=N/NC(=O)c2ccc(-n3cccc3)cc2)c1OC. The second kappa shape index (κ2) is 8.02. The van der Waals surface area contributed by atoms with Crippen molar-refractivity contribution in [2.24, 2.45) is 5.10 Å². The third-order valence-electron chi connectivity index (χ3n) is 3.84. The first kappa shape index (κ1) is 17.3. The molecule has 1 N–H and O–H groups in total. The van der Waals surface area contributed by atoms with Crippen LogP contribution in [0.5, 0.6) is 11.5 Å². The average Bonchev–Trinajstić information content (AvgIpc) is 3.22. The van der Waals surface area contributed by atoms with Gasteiger partial charge in [0.2, 0.25) is 0 Å². The molecule has 1 aromatic heterocycles. The molecule has 0 aliphatic carbocycles. The Morgan fingerprint density at radius 2 is 1.73 bits per heavy atom. The van der Waals surface area contributed by atoms with Crippen molar-refractivity contribution in [2.45, 2.75) is 0 Å². The van der Waals surface area contributed by atoms with Crippen molar-refractivity contribution < 1.29 is 14.3 Å². The molecular formula is C20H19N3O3. The second-order valence-corrected chi connectivity index (χ2v) is 5.42. The Labute approximate surface area is 151 Å². The maximum Gasteiger partial charge on any atom is 0.271 e. The Hall–Kier alpha value is -3.54. The number of nitrogens with zero attached hydrogens (tertiary/aromatic N) is 2. The van der Waals surface area contributed by atoms with E-state index in [4.69, 9.17) is 9.47 Å². The molecule has 0 fully saturated rings. The van der Waals surface area contributed by atoms with Crippen molar-refractivity contribution in [2.75, 3.05) is 14.2 Å². The Bertz CT molecular complexity index is 901. The number of amides is 1.